The molecule has 0 N–H and O–H groups in total. The third-order valence-corrected chi connectivity index (χ3v) is 4.02. The van der Waals surface area contributed by atoms with Crippen LogP contribution < -0.4 is 0 Å². The minimum atomic E-state index is -0.288. The molecule has 0 radical (unpaired) electrons. The molecule has 1 aromatic carbocycles. The summed E-state index contributed by atoms with van der Waals surface area (Å²) in [5, 5.41) is 4.24. The lowest BCUT2D eigenvalue weighted by Crippen LogP contribution is -2.12. The van der Waals surface area contributed by atoms with Crippen molar-refractivity contribution in [2.75, 3.05) is 0 Å². The second kappa shape index (κ2) is 5.02. The predicted molar refractivity (Wildman–Crippen MR) is 80.7 cm³/mol. The third kappa shape index (κ3) is 2.28. The first-order chi connectivity index (χ1) is 10.7. The van der Waals surface area contributed by atoms with Crippen LogP contribution in [-0.4, -0.2) is 20.5 Å². The molecular weight excluding hydrogens is 281 g/mol. The number of ketones is 1. The molecule has 0 aliphatic heterocycles. The summed E-state index contributed by atoms with van der Waals surface area (Å²) in [5.41, 5.74) is 2.66. The number of halogens is 1. The number of hydrogen-bond acceptors (Lipinski definition) is 3. The van der Waals surface area contributed by atoms with Crippen LogP contribution in [0.25, 0.3) is 22.2 Å². The van der Waals surface area contributed by atoms with Gasteiger partial charge < -0.3 is 0 Å². The van der Waals surface area contributed by atoms with Gasteiger partial charge in [0.1, 0.15) is 17.9 Å². The lowest BCUT2D eigenvalue weighted by molar-refractivity contribution is -0.120. The van der Waals surface area contributed by atoms with Crippen LogP contribution in [0.5, 0.6) is 0 Å². The van der Waals surface area contributed by atoms with E-state index in [0.717, 1.165) is 18.4 Å². The van der Waals surface area contributed by atoms with Gasteiger partial charge in [-0.05, 0) is 25.0 Å². The molecule has 0 spiro atoms. The fourth-order valence-corrected chi connectivity index (χ4v) is 2.61. The van der Waals surface area contributed by atoms with Crippen molar-refractivity contribution in [2.45, 2.75) is 19.4 Å². The summed E-state index contributed by atoms with van der Waals surface area (Å²) < 4.78 is 15.6. The van der Waals surface area contributed by atoms with Crippen LogP contribution in [0.1, 0.15) is 12.8 Å². The minimum absolute atomic E-state index is 0.196. The van der Waals surface area contributed by atoms with Gasteiger partial charge in [0.2, 0.25) is 0 Å². The van der Waals surface area contributed by atoms with E-state index in [1.807, 2.05) is 6.07 Å². The Hall–Kier alpha value is -2.56. The van der Waals surface area contributed by atoms with Crippen LogP contribution in [-0.2, 0) is 11.3 Å². The minimum Gasteiger partial charge on any atom is -0.297 e. The Labute approximate surface area is 126 Å². The summed E-state index contributed by atoms with van der Waals surface area (Å²) in [6.07, 6.45) is 5.24. The number of fused-ring (bicyclic) bond motifs is 1. The van der Waals surface area contributed by atoms with Crippen molar-refractivity contribution < 1.29 is 9.18 Å². The zero-order chi connectivity index (χ0) is 15.1. The molecule has 110 valence electrons. The summed E-state index contributed by atoms with van der Waals surface area (Å²) in [6, 6.07) is 8.43. The van der Waals surface area contributed by atoms with Crippen LogP contribution in [0.15, 0.2) is 42.7 Å². The largest absolute Gasteiger partial charge is 0.297 e. The third-order valence-electron chi connectivity index (χ3n) is 4.02. The molecule has 22 heavy (non-hydrogen) atoms. The first kappa shape index (κ1) is 13.1. The SMILES string of the molecule is O=C(Cn1ncc2ncc(-c3ccccc3F)cc21)C1CC1. The summed E-state index contributed by atoms with van der Waals surface area (Å²) in [5.74, 6) is 0.118. The van der Waals surface area contributed by atoms with Gasteiger partial charge in [-0.1, -0.05) is 18.2 Å². The summed E-state index contributed by atoms with van der Waals surface area (Å²) >= 11 is 0. The first-order valence-electron chi connectivity index (χ1n) is 7.31. The molecule has 0 saturated heterocycles. The van der Waals surface area contributed by atoms with E-state index in [4.69, 9.17) is 0 Å². The molecule has 3 aromatic rings. The fourth-order valence-electron chi connectivity index (χ4n) is 2.61. The number of carbonyl (C=O) groups excluding carboxylic acids is 1. The second-order valence-corrected chi connectivity index (χ2v) is 5.65. The van der Waals surface area contributed by atoms with Gasteiger partial charge >= 0.3 is 0 Å². The summed E-state index contributed by atoms with van der Waals surface area (Å²) in [4.78, 5) is 16.3. The van der Waals surface area contributed by atoms with Crippen LogP contribution >= 0.6 is 0 Å². The molecule has 0 bridgehead atoms. The van der Waals surface area contributed by atoms with Crippen molar-refractivity contribution >= 4 is 16.8 Å². The Morgan fingerprint density at radius 3 is 2.86 bits per heavy atom. The van der Waals surface area contributed by atoms with Crippen LogP contribution in [0.4, 0.5) is 4.39 Å². The van der Waals surface area contributed by atoms with Crippen molar-refractivity contribution in [2.24, 2.45) is 5.92 Å². The highest BCUT2D eigenvalue weighted by molar-refractivity contribution is 5.86. The molecule has 1 fully saturated rings. The highest BCUT2D eigenvalue weighted by atomic mass is 19.1. The molecule has 0 unspecified atom stereocenters. The van der Waals surface area contributed by atoms with Crippen molar-refractivity contribution in [3.8, 4) is 11.1 Å². The Bertz CT molecular complexity index is 867. The molecule has 4 rings (SSSR count). The van der Waals surface area contributed by atoms with Crippen LogP contribution in [0, 0.1) is 11.7 Å². The Kier molecular flexibility index (Phi) is 2.99. The molecule has 2 heterocycles. The molecule has 0 atom stereocenters. The van der Waals surface area contributed by atoms with E-state index in [1.54, 1.807) is 35.3 Å². The van der Waals surface area contributed by atoms with E-state index in [0.29, 0.717) is 16.6 Å². The average Bonchev–Trinajstić information content (AvgIpc) is 3.31. The van der Waals surface area contributed by atoms with Gasteiger partial charge in [0, 0.05) is 23.2 Å². The molecule has 4 nitrogen and oxygen atoms in total. The number of nitrogens with zero attached hydrogens (tertiary/aromatic N) is 3. The standard InChI is InChI=1S/C17H14FN3O/c18-14-4-2-1-3-13(14)12-7-16-15(19-8-12)9-20-21(16)10-17(22)11-5-6-11/h1-4,7-9,11H,5-6,10H2. The lowest BCUT2D eigenvalue weighted by atomic mass is 10.1. The molecule has 1 saturated carbocycles. The Morgan fingerprint density at radius 2 is 2.09 bits per heavy atom. The van der Waals surface area contributed by atoms with Crippen molar-refractivity contribution in [3.05, 3.63) is 48.5 Å². The van der Waals surface area contributed by atoms with Gasteiger partial charge in [0.15, 0.2) is 5.78 Å². The molecule has 1 aliphatic rings. The van der Waals surface area contributed by atoms with Gasteiger partial charge in [0.05, 0.1) is 11.7 Å². The lowest BCUT2D eigenvalue weighted by Gasteiger charge is -2.05. The highest BCUT2D eigenvalue weighted by Gasteiger charge is 2.29. The maximum Gasteiger partial charge on any atom is 0.157 e. The molecule has 5 heteroatoms. The van der Waals surface area contributed by atoms with E-state index in [9.17, 15) is 9.18 Å². The van der Waals surface area contributed by atoms with Crippen molar-refractivity contribution in [1.82, 2.24) is 14.8 Å². The van der Waals surface area contributed by atoms with E-state index in [1.165, 1.54) is 6.07 Å². The monoisotopic (exact) mass is 295 g/mol. The smallest absolute Gasteiger partial charge is 0.157 e. The Morgan fingerprint density at radius 1 is 1.27 bits per heavy atom. The van der Waals surface area contributed by atoms with Gasteiger partial charge in [-0.25, -0.2) is 4.39 Å². The number of benzene rings is 1. The number of hydrogen-bond donors (Lipinski definition) is 0. The molecule has 1 aliphatic carbocycles. The highest BCUT2D eigenvalue weighted by Crippen LogP contribution is 2.31. The van der Waals surface area contributed by atoms with E-state index >= 15 is 0 Å². The summed E-state index contributed by atoms with van der Waals surface area (Å²) in [6.45, 7) is 0.260. The fraction of sp³-hybridized carbons (Fsp3) is 0.235. The first-order valence-corrected chi connectivity index (χ1v) is 7.31. The van der Waals surface area contributed by atoms with Crippen molar-refractivity contribution in [1.29, 1.82) is 0 Å². The second-order valence-electron chi connectivity index (χ2n) is 5.65. The maximum absolute atomic E-state index is 13.9. The maximum atomic E-state index is 13.9. The van der Waals surface area contributed by atoms with Gasteiger partial charge in [-0.2, -0.15) is 5.10 Å². The number of carbonyl (C=O) groups is 1. The Balaban J connectivity index is 1.76. The van der Waals surface area contributed by atoms with E-state index in [-0.39, 0.29) is 24.1 Å². The normalized spacial score (nSPS) is 14.4. The number of pyridine rings is 1. The quantitative estimate of drug-likeness (QED) is 0.742. The van der Waals surface area contributed by atoms with Gasteiger partial charge in [0.25, 0.3) is 0 Å². The molecular formula is C17H14FN3O. The summed E-state index contributed by atoms with van der Waals surface area (Å²) in [7, 11) is 0. The number of aromatic nitrogens is 3. The van der Waals surface area contributed by atoms with E-state index in [2.05, 4.69) is 10.1 Å². The van der Waals surface area contributed by atoms with Gasteiger partial charge in [-0.15, -0.1) is 0 Å². The van der Waals surface area contributed by atoms with Crippen molar-refractivity contribution in [3.63, 3.8) is 0 Å². The zero-order valence-corrected chi connectivity index (χ0v) is 11.9. The van der Waals surface area contributed by atoms with E-state index < -0.39 is 0 Å². The molecule has 2 aromatic heterocycles. The molecule has 0 amide bonds. The van der Waals surface area contributed by atoms with Crippen LogP contribution in [0.2, 0.25) is 0 Å². The number of rotatable bonds is 4. The zero-order valence-electron chi connectivity index (χ0n) is 11.9. The van der Waals surface area contributed by atoms with Gasteiger partial charge in [-0.3, -0.25) is 14.5 Å². The van der Waals surface area contributed by atoms with Crippen LogP contribution in [0.3, 0.4) is 0 Å². The average molecular weight is 295 g/mol. The topological polar surface area (TPSA) is 47.8 Å². The number of Topliss-reactive ketones (excluding diaryl/α,β-unsaturated/α-hetero) is 1. The predicted octanol–water partition coefficient (Wildman–Crippen LogP) is 3.22.